The minimum absolute atomic E-state index is 0.0195. The Morgan fingerprint density at radius 2 is 2.25 bits per heavy atom. The van der Waals surface area contributed by atoms with Gasteiger partial charge in [-0.2, -0.15) is 0 Å². The molecule has 2 atom stereocenters. The minimum atomic E-state index is -0.259. The second-order valence-electron chi connectivity index (χ2n) is 5.66. The summed E-state index contributed by atoms with van der Waals surface area (Å²) < 4.78 is 6.06. The quantitative estimate of drug-likeness (QED) is 0.665. The third kappa shape index (κ3) is 2.30. The van der Waals surface area contributed by atoms with Crippen LogP contribution in [-0.4, -0.2) is 17.2 Å². The molecule has 2 heterocycles. The number of nitrogens with zero attached hydrogens (tertiary/aromatic N) is 1. The first-order valence-electron chi connectivity index (χ1n) is 7.17. The molecule has 0 saturated carbocycles. The molecule has 3 N–H and O–H groups in total. The van der Waals surface area contributed by atoms with Crippen molar-refractivity contribution in [2.75, 3.05) is 6.61 Å². The van der Waals surface area contributed by atoms with Gasteiger partial charge in [-0.15, -0.1) is 0 Å². The van der Waals surface area contributed by atoms with Gasteiger partial charge in [-0.05, 0) is 43.2 Å². The Bertz CT molecular complexity index is 588. The van der Waals surface area contributed by atoms with Crippen molar-refractivity contribution in [3.63, 3.8) is 0 Å². The van der Waals surface area contributed by atoms with Gasteiger partial charge in [-0.1, -0.05) is 18.2 Å². The second-order valence-corrected chi connectivity index (χ2v) is 5.66. The Morgan fingerprint density at radius 3 is 3.00 bits per heavy atom. The number of aromatic nitrogens is 1. The molecule has 0 bridgehead atoms. The molecule has 20 heavy (non-hydrogen) atoms. The van der Waals surface area contributed by atoms with Gasteiger partial charge in [-0.3, -0.25) is 16.3 Å². The van der Waals surface area contributed by atoms with E-state index in [1.54, 1.807) is 0 Å². The summed E-state index contributed by atoms with van der Waals surface area (Å²) in [5, 5.41) is 2.31. The van der Waals surface area contributed by atoms with Crippen LogP contribution in [-0.2, 0) is 4.74 Å². The fraction of sp³-hybridized carbons (Fsp3) is 0.438. The number of pyridine rings is 1. The predicted octanol–water partition coefficient (Wildman–Crippen LogP) is 2.70. The van der Waals surface area contributed by atoms with Gasteiger partial charge in [0, 0.05) is 24.4 Å². The highest BCUT2D eigenvalue weighted by molar-refractivity contribution is 5.85. The van der Waals surface area contributed by atoms with E-state index in [9.17, 15) is 0 Å². The molecule has 4 heteroatoms. The Kier molecular flexibility index (Phi) is 3.70. The molecule has 4 nitrogen and oxygen atoms in total. The highest BCUT2D eigenvalue weighted by atomic mass is 16.5. The number of hydrogen-bond donors (Lipinski definition) is 2. The van der Waals surface area contributed by atoms with Gasteiger partial charge < -0.3 is 4.74 Å². The van der Waals surface area contributed by atoms with Gasteiger partial charge in [0.25, 0.3) is 0 Å². The molecule has 0 spiro atoms. The van der Waals surface area contributed by atoms with E-state index >= 15 is 0 Å². The van der Waals surface area contributed by atoms with E-state index in [1.807, 2.05) is 18.5 Å². The maximum absolute atomic E-state index is 6.06. The third-order valence-corrected chi connectivity index (χ3v) is 4.30. The van der Waals surface area contributed by atoms with E-state index in [4.69, 9.17) is 10.6 Å². The molecule has 1 saturated heterocycles. The van der Waals surface area contributed by atoms with Crippen LogP contribution in [0.5, 0.6) is 0 Å². The number of ether oxygens (including phenoxy) is 1. The van der Waals surface area contributed by atoms with Crippen LogP contribution in [0.15, 0.2) is 36.7 Å². The van der Waals surface area contributed by atoms with Gasteiger partial charge in [0.1, 0.15) is 0 Å². The summed E-state index contributed by atoms with van der Waals surface area (Å²) in [6.45, 7) is 2.96. The fourth-order valence-corrected chi connectivity index (χ4v) is 3.18. The average Bonchev–Trinajstić information content (AvgIpc) is 2.49. The van der Waals surface area contributed by atoms with Gasteiger partial charge in [-0.25, -0.2) is 0 Å². The topological polar surface area (TPSA) is 60.2 Å². The maximum atomic E-state index is 6.06. The van der Waals surface area contributed by atoms with Crippen LogP contribution < -0.4 is 11.3 Å². The summed E-state index contributed by atoms with van der Waals surface area (Å²) in [4.78, 5) is 4.19. The monoisotopic (exact) mass is 271 g/mol. The number of benzene rings is 1. The second kappa shape index (κ2) is 5.48. The smallest absolute Gasteiger partial charge is 0.0861 e. The van der Waals surface area contributed by atoms with Gasteiger partial charge in [0.2, 0.25) is 0 Å². The van der Waals surface area contributed by atoms with E-state index in [-0.39, 0.29) is 11.6 Å². The molecule has 1 aromatic heterocycles. The van der Waals surface area contributed by atoms with Crippen LogP contribution in [0.1, 0.15) is 37.8 Å². The molecule has 3 rings (SSSR count). The van der Waals surface area contributed by atoms with Crippen molar-refractivity contribution in [1.29, 1.82) is 0 Å². The molecule has 1 aliphatic heterocycles. The van der Waals surface area contributed by atoms with Crippen LogP contribution in [0.3, 0.4) is 0 Å². The highest BCUT2D eigenvalue weighted by Gasteiger charge is 2.37. The molecular formula is C16H21N3O. The lowest BCUT2D eigenvalue weighted by atomic mass is 9.83. The molecule has 106 valence electrons. The number of rotatable bonds is 3. The van der Waals surface area contributed by atoms with Crippen molar-refractivity contribution in [1.82, 2.24) is 10.4 Å². The maximum Gasteiger partial charge on any atom is 0.0861 e. The molecule has 0 radical (unpaired) electrons. The molecule has 0 aliphatic carbocycles. The van der Waals surface area contributed by atoms with Crippen molar-refractivity contribution in [2.24, 2.45) is 5.84 Å². The highest BCUT2D eigenvalue weighted by Crippen LogP contribution is 2.38. The third-order valence-electron chi connectivity index (χ3n) is 4.30. The van der Waals surface area contributed by atoms with E-state index in [2.05, 4.69) is 35.5 Å². The zero-order chi connectivity index (χ0) is 14.0. The molecular weight excluding hydrogens is 250 g/mol. The lowest BCUT2D eigenvalue weighted by molar-refractivity contribution is -0.0896. The molecule has 2 aromatic rings. The zero-order valence-corrected chi connectivity index (χ0v) is 11.8. The number of nitrogens with one attached hydrogen (secondary N) is 1. The van der Waals surface area contributed by atoms with Crippen LogP contribution in [0.2, 0.25) is 0 Å². The summed E-state index contributed by atoms with van der Waals surface area (Å²) >= 11 is 0. The first-order chi connectivity index (χ1) is 9.74. The number of hydrazine groups is 1. The molecule has 1 aliphatic rings. The SMILES string of the molecule is CC1(C(NN)c2cccc3cnccc23)CCCCO1. The van der Waals surface area contributed by atoms with Crippen molar-refractivity contribution in [3.05, 3.63) is 42.2 Å². The standard InChI is InChI=1S/C16H21N3O/c1-16(8-2-3-10-20-16)15(19-17)14-6-4-5-12-11-18-9-7-13(12)14/h4-7,9,11,15,19H,2-3,8,10,17H2,1H3. The zero-order valence-electron chi connectivity index (χ0n) is 11.8. The van der Waals surface area contributed by atoms with E-state index < -0.39 is 0 Å². The number of fused-ring (bicyclic) bond motifs is 1. The molecule has 2 unspecified atom stereocenters. The largest absolute Gasteiger partial charge is 0.373 e. The number of hydrogen-bond acceptors (Lipinski definition) is 4. The van der Waals surface area contributed by atoms with E-state index in [0.29, 0.717) is 0 Å². The normalized spacial score (nSPS) is 24.7. The first kappa shape index (κ1) is 13.5. The first-order valence-corrected chi connectivity index (χ1v) is 7.17. The fourth-order valence-electron chi connectivity index (χ4n) is 3.18. The summed E-state index contributed by atoms with van der Waals surface area (Å²) in [6.07, 6.45) is 7.04. The van der Waals surface area contributed by atoms with E-state index in [0.717, 1.165) is 24.8 Å². The predicted molar refractivity (Wildman–Crippen MR) is 80.0 cm³/mol. The summed E-state index contributed by atoms with van der Waals surface area (Å²) in [7, 11) is 0. The minimum Gasteiger partial charge on any atom is -0.373 e. The van der Waals surface area contributed by atoms with Crippen LogP contribution in [0.25, 0.3) is 10.8 Å². The lowest BCUT2D eigenvalue weighted by Gasteiger charge is -2.40. The van der Waals surface area contributed by atoms with Crippen LogP contribution in [0.4, 0.5) is 0 Å². The molecule has 1 aromatic carbocycles. The summed E-state index contributed by atoms with van der Waals surface area (Å²) in [6, 6.07) is 8.27. The average molecular weight is 271 g/mol. The Morgan fingerprint density at radius 1 is 1.35 bits per heavy atom. The van der Waals surface area contributed by atoms with E-state index in [1.165, 1.54) is 17.4 Å². The van der Waals surface area contributed by atoms with Gasteiger partial charge in [0.05, 0.1) is 11.6 Å². The van der Waals surface area contributed by atoms with Crippen molar-refractivity contribution in [3.8, 4) is 0 Å². The van der Waals surface area contributed by atoms with Crippen molar-refractivity contribution >= 4 is 10.8 Å². The van der Waals surface area contributed by atoms with Gasteiger partial charge in [0.15, 0.2) is 0 Å². The summed E-state index contributed by atoms with van der Waals surface area (Å²) in [5.41, 5.74) is 3.89. The number of nitrogens with two attached hydrogens (primary N) is 1. The summed E-state index contributed by atoms with van der Waals surface area (Å²) in [5.74, 6) is 5.87. The molecule has 1 fully saturated rings. The van der Waals surface area contributed by atoms with Crippen molar-refractivity contribution < 1.29 is 4.74 Å². The Hall–Kier alpha value is -1.49. The lowest BCUT2D eigenvalue weighted by Crippen LogP contribution is -2.48. The van der Waals surface area contributed by atoms with Gasteiger partial charge >= 0.3 is 0 Å². The van der Waals surface area contributed by atoms with Crippen LogP contribution in [0, 0.1) is 0 Å². The Balaban J connectivity index is 2.07. The Labute approximate surface area is 119 Å². The molecule has 0 amide bonds. The van der Waals surface area contributed by atoms with Crippen LogP contribution >= 0.6 is 0 Å². The van der Waals surface area contributed by atoms with Crippen molar-refractivity contribution in [2.45, 2.75) is 37.8 Å².